The summed E-state index contributed by atoms with van der Waals surface area (Å²) in [5.41, 5.74) is 1.08. The number of hydrogen-bond acceptors (Lipinski definition) is 4. The molecule has 0 N–H and O–H groups in total. The third kappa shape index (κ3) is 3.11. The molecule has 5 heteroatoms. The largest absolute Gasteiger partial charge is 0.371 e. The van der Waals surface area contributed by atoms with Crippen LogP contribution in [0.15, 0.2) is 42.7 Å². The molecule has 4 rings (SSSR count). The molecule has 0 amide bonds. The first kappa shape index (κ1) is 15.8. The maximum atomic E-state index is 6.31. The van der Waals surface area contributed by atoms with E-state index >= 15 is 0 Å². The summed E-state index contributed by atoms with van der Waals surface area (Å²) in [5, 5.41) is 0. The number of imidazole rings is 1. The zero-order valence-electron chi connectivity index (χ0n) is 14.2. The summed E-state index contributed by atoms with van der Waals surface area (Å²) in [4.78, 5) is 6.87. The second-order valence-electron chi connectivity index (χ2n) is 6.93. The molecule has 2 aliphatic heterocycles. The number of ether oxygens (including phenoxy) is 2. The number of hydrogen-bond donors (Lipinski definition) is 0. The van der Waals surface area contributed by atoms with Crippen LogP contribution < -0.4 is 0 Å². The monoisotopic (exact) mass is 327 g/mol. The molecule has 2 aliphatic rings. The maximum absolute atomic E-state index is 6.31. The molecule has 128 valence electrons. The molecule has 0 radical (unpaired) electrons. The lowest BCUT2D eigenvalue weighted by Gasteiger charge is -2.29. The maximum Gasteiger partial charge on any atom is 0.122 e. The molecule has 3 heterocycles. The minimum atomic E-state index is -0.139. The topological polar surface area (TPSA) is 39.5 Å². The first-order valence-corrected chi connectivity index (χ1v) is 8.73. The van der Waals surface area contributed by atoms with Crippen molar-refractivity contribution in [2.75, 3.05) is 19.7 Å². The van der Waals surface area contributed by atoms with Crippen molar-refractivity contribution in [3.63, 3.8) is 0 Å². The van der Waals surface area contributed by atoms with Gasteiger partial charge in [-0.15, -0.1) is 0 Å². The molecule has 1 spiro atoms. The zero-order valence-corrected chi connectivity index (χ0v) is 14.2. The number of rotatable bonds is 5. The van der Waals surface area contributed by atoms with Crippen LogP contribution in [-0.4, -0.2) is 45.9 Å². The molecule has 2 saturated heterocycles. The van der Waals surface area contributed by atoms with Crippen molar-refractivity contribution in [3.8, 4) is 0 Å². The van der Waals surface area contributed by atoms with Crippen molar-refractivity contribution in [1.82, 2.24) is 14.5 Å². The van der Waals surface area contributed by atoms with Crippen molar-refractivity contribution >= 4 is 0 Å². The Labute approximate surface area is 143 Å². The normalized spacial score (nSPS) is 27.3. The molecule has 2 aromatic rings. The highest BCUT2D eigenvalue weighted by molar-refractivity contribution is 5.14. The Hall–Kier alpha value is -1.69. The predicted molar refractivity (Wildman–Crippen MR) is 91.4 cm³/mol. The molecular formula is C19H25N3O2. The van der Waals surface area contributed by atoms with Crippen LogP contribution in [0.3, 0.4) is 0 Å². The third-order valence-corrected chi connectivity index (χ3v) is 5.22. The van der Waals surface area contributed by atoms with Crippen LogP contribution in [0.4, 0.5) is 0 Å². The van der Waals surface area contributed by atoms with E-state index in [4.69, 9.17) is 9.47 Å². The van der Waals surface area contributed by atoms with E-state index in [0.717, 1.165) is 44.9 Å². The fourth-order valence-corrected chi connectivity index (χ4v) is 3.89. The van der Waals surface area contributed by atoms with Crippen molar-refractivity contribution < 1.29 is 9.47 Å². The van der Waals surface area contributed by atoms with Gasteiger partial charge in [0.25, 0.3) is 0 Å². The van der Waals surface area contributed by atoms with E-state index in [-0.39, 0.29) is 11.7 Å². The van der Waals surface area contributed by atoms with Gasteiger partial charge in [-0.25, -0.2) is 4.98 Å². The van der Waals surface area contributed by atoms with Gasteiger partial charge in [-0.3, -0.25) is 4.90 Å². The predicted octanol–water partition coefficient (Wildman–Crippen LogP) is 2.37. The minimum Gasteiger partial charge on any atom is -0.371 e. The van der Waals surface area contributed by atoms with E-state index in [1.165, 1.54) is 5.56 Å². The number of aromatic nitrogens is 2. The summed E-state index contributed by atoms with van der Waals surface area (Å²) >= 11 is 0. The highest BCUT2D eigenvalue weighted by Crippen LogP contribution is 2.37. The highest BCUT2D eigenvalue weighted by atomic mass is 16.6. The Morgan fingerprint density at radius 2 is 2.21 bits per heavy atom. The summed E-state index contributed by atoms with van der Waals surface area (Å²) in [6, 6.07) is 10.4. The average Bonchev–Trinajstić information content (AvgIpc) is 3.30. The standard InChI is InChI=1S/C19H25N3O2/c1-21-10-9-20-18(21)13-22-12-17(19(15-22)8-5-11-24-19)23-14-16-6-3-2-4-7-16/h2-4,6-7,9-10,17H,5,8,11-15H2,1H3/t17-,19-/m0/s1. The zero-order chi connectivity index (χ0) is 16.4. The molecule has 1 aromatic heterocycles. The molecule has 0 bridgehead atoms. The lowest BCUT2D eigenvalue weighted by Crippen LogP contribution is -2.42. The van der Waals surface area contributed by atoms with Gasteiger partial charge in [0.15, 0.2) is 0 Å². The van der Waals surface area contributed by atoms with Gasteiger partial charge >= 0.3 is 0 Å². The molecule has 5 nitrogen and oxygen atoms in total. The van der Waals surface area contributed by atoms with Gasteiger partial charge in [-0.05, 0) is 18.4 Å². The molecule has 0 unspecified atom stereocenters. The molecule has 24 heavy (non-hydrogen) atoms. The summed E-state index contributed by atoms with van der Waals surface area (Å²) < 4.78 is 14.6. The van der Waals surface area contributed by atoms with Crippen molar-refractivity contribution in [1.29, 1.82) is 0 Å². The van der Waals surface area contributed by atoms with Crippen LogP contribution in [0.5, 0.6) is 0 Å². The molecule has 0 aliphatic carbocycles. The van der Waals surface area contributed by atoms with Crippen LogP contribution in [0, 0.1) is 0 Å². The summed E-state index contributed by atoms with van der Waals surface area (Å²) in [5.74, 6) is 1.09. The highest BCUT2D eigenvalue weighted by Gasteiger charge is 2.50. The van der Waals surface area contributed by atoms with Gasteiger partial charge in [0.05, 0.1) is 13.2 Å². The number of nitrogens with zero attached hydrogens (tertiary/aromatic N) is 3. The van der Waals surface area contributed by atoms with Gasteiger partial charge in [-0.2, -0.15) is 0 Å². The first-order valence-electron chi connectivity index (χ1n) is 8.73. The fraction of sp³-hybridized carbons (Fsp3) is 0.526. The molecule has 1 aromatic carbocycles. The van der Waals surface area contributed by atoms with E-state index in [1.807, 2.05) is 25.5 Å². The van der Waals surface area contributed by atoms with Crippen LogP contribution in [-0.2, 0) is 29.7 Å². The van der Waals surface area contributed by atoms with Crippen LogP contribution in [0.1, 0.15) is 24.2 Å². The number of likely N-dealkylation sites (tertiary alicyclic amines) is 1. The van der Waals surface area contributed by atoms with Gasteiger partial charge in [-0.1, -0.05) is 30.3 Å². The Kier molecular flexibility index (Phi) is 4.39. The van der Waals surface area contributed by atoms with Gasteiger partial charge in [0.2, 0.25) is 0 Å². The third-order valence-electron chi connectivity index (χ3n) is 5.22. The lowest BCUT2D eigenvalue weighted by molar-refractivity contribution is -0.0959. The SMILES string of the molecule is Cn1ccnc1CN1C[C@H](OCc2ccccc2)[C@]2(CCCO2)C1. The smallest absolute Gasteiger partial charge is 0.122 e. The van der Waals surface area contributed by atoms with Crippen molar-refractivity contribution in [2.24, 2.45) is 7.05 Å². The van der Waals surface area contributed by atoms with Gasteiger partial charge < -0.3 is 14.0 Å². The molecule has 2 atom stereocenters. The summed E-state index contributed by atoms with van der Waals surface area (Å²) in [7, 11) is 2.05. The second-order valence-corrected chi connectivity index (χ2v) is 6.93. The first-order chi connectivity index (χ1) is 11.8. The minimum absolute atomic E-state index is 0.125. The Balaban J connectivity index is 1.44. The van der Waals surface area contributed by atoms with Gasteiger partial charge in [0.1, 0.15) is 17.5 Å². The summed E-state index contributed by atoms with van der Waals surface area (Å²) in [6.45, 7) is 4.17. The Morgan fingerprint density at radius 3 is 2.92 bits per heavy atom. The van der Waals surface area contributed by atoms with Crippen LogP contribution >= 0.6 is 0 Å². The van der Waals surface area contributed by atoms with Crippen molar-refractivity contribution in [2.45, 2.75) is 37.7 Å². The van der Waals surface area contributed by atoms with Crippen LogP contribution in [0.2, 0.25) is 0 Å². The summed E-state index contributed by atoms with van der Waals surface area (Å²) in [6.07, 6.45) is 6.19. The molecule has 2 fully saturated rings. The van der Waals surface area contributed by atoms with E-state index in [9.17, 15) is 0 Å². The van der Waals surface area contributed by atoms with E-state index < -0.39 is 0 Å². The van der Waals surface area contributed by atoms with Crippen LogP contribution in [0.25, 0.3) is 0 Å². The lowest BCUT2D eigenvalue weighted by atomic mass is 9.96. The quantitative estimate of drug-likeness (QED) is 0.845. The van der Waals surface area contributed by atoms with E-state index in [1.54, 1.807) is 0 Å². The average molecular weight is 327 g/mol. The molecular weight excluding hydrogens is 302 g/mol. The second kappa shape index (κ2) is 6.67. The van der Waals surface area contributed by atoms with E-state index in [0.29, 0.717) is 6.61 Å². The molecule has 0 saturated carbocycles. The van der Waals surface area contributed by atoms with Gasteiger partial charge in [0, 0.05) is 39.1 Å². The Bertz CT molecular complexity index is 664. The Morgan fingerprint density at radius 1 is 1.33 bits per heavy atom. The fourth-order valence-electron chi connectivity index (χ4n) is 3.89. The van der Waals surface area contributed by atoms with E-state index in [2.05, 4.69) is 38.7 Å². The number of benzene rings is 1. The van der Waals surface area contributed by atoms with Crippen molar-refractivity contribution in [3.05, 3.63) is 54.1 Å². The number of aryl methyl sites for hydroxylation is 1.